The van der Waals surface area contributed by atoms with Crippen LogP contribution < -0.4 is 11.1 Å². The number of nitrogens with two attached hydrogens (primary N) is 1. The van der Waals surface area contributed by atoms with Crippen molar-refractivity contribution in [1.29, 1.82) is 0 Å². The summed E-state index contributed by atoms with van der Waals surface area (Å²) in [7, 11) is 1.70. The van der Waals surface area contributed by atoms with Gasteiger partial charge in [-0.1, -0.05) is 42.5 Å². The molecule has 0 fully saturated rings. The number of aromatic nitrogens is 2. The van der Waals surface area contributed by atoms with Gasteiger partial charge in [-0.15, -0.1) is 0 Å². The maximum absolute atomic E-state index is 12.1. The number of carbonyl (C=O) groups is 1. The number of hydrogen-bond acceptors (Lipinski definition) is 3. The first-order chi connectivity index (χ1) is 9.09. The Bertz CT molecular complexity index is 594. The fourth-order valence-electron chi connectivity index (χ4n) is 1.77. The van der Waals surface area contributed by atoms with E-state index >= 15 is 0 Å². The number of amides is 1. The smallest absolute Gasteiger partial charge is 0.270 e. The van der Waals surface area contributed by atoms with Gasteiger partial charge in [0.1, 0.15) is 16.7 Å². The van der Waals surface area contributed by atoms with Crippen LogP contribution in [0.2, 0.25) is 0 Å². The van der Waals surface area contributed by atoms with Gasteiger partial charge in [0, 0.05) is 13.2 Å². The van der Waals surface area contributed by atoms with Crippen molar-refractivity contribution in [3.8, 4) is 0 Å². The second-order valence-electron chi connectivity index (χ2n) is 4.06. The Labute approximate surface area is 116 Å². The lowest BCUT2D eigenvalue weighted by Crippen LogP contribution is -2.37. The molecule has 2 aromatic rings. The van der Waals surface area contributed by atoms with Crippen LogP contribution in [0, 0.1) is 0 Å². The van der Waals surface area contributed by atoms with E-state index in [0.29, 0.717) is 5.69 Å². The third kappa shape index (κ3) is 2.97. The van der Waals surface area contributed by atoms with E-state index in [9.17, 15) is 4.79 Å². The van der Waals surface area contributed by atoms with Gasteiger partial charge in [-0.2, -0.15) is 5.10 Å². The summed E-state index contributed by atoms with van der Waals surface area (Å²) in [6.45, 7) is 0. The molecular weight excluding hydrogens is 260 g/mol. The van der Waals surface area contributed by atoms with Gasteiger partial charge in [-0.05, 0) is 11.6 Å². The first kappa shape index (κ1) is 13.2. The quantitative estimate of drug-likeness (QED) is 0.821. The van der Waals surface area contributed by atoms with E-state index in [-0.39, 0.29) is 10.9 Å². The van der Waals surface area contributed by atoms with E-state index in [4.69, 9.17) is 18.0 Å². The molecule has 0 aliphatic heterocycles. The highest BCUT2D eigenvalue weighted by atomic mass is 32.1. The zero-order valence-electron chi connectivity index (χ0n) is 10.4. The molecule has 2 rings (SSSR count). The second kappa shape index (κ2) is 5.62. The van der Waals surface area contributed by atoms with Gasteiger partial charge in [0.05, 0.1) is 0 Å². The molecule has 1 unspecified atom stereocenters. The predicted molar refractivity (Wildman–Crippen MR) is 76.6 cm³/mol. The van der Waals surface area contributed by atoms with Gasteiger partial charge in [-0.3, -0.25) is 9.48 Å². The van der Waals surface area contributed by atoms with E-state index in [2.05, 4.69) is 10.4 Å². The number of aryl methyl sites for hydroxylation is 1. The van der Waals surface area contributed by atoms with Crippen LogP contribution in [0.1, 0.15) is 22.1 Å². The van der Waals surface area contributed by atoms with Crippen molar-refractivity contribution >= 4 is 23.1 Å². The summed E-state index contributed by atoms with van der Waals surface area (Å²) in [5.74, 6) is -0.262. The monoisotopic (exact) mass is 274 g/mol. The van der Waals surface area contributed by atoms with Crippen LogP contribution in [-0.2, 0) is 7.05 Å². The number of nitrogens with one attached hydrogen (secondary N) is 1. The Hall–Kier alpha value is -2.21. The maximum atomic E-state index is 12.1. The lowest BCUT2D eigenvalue weighted by molar-refractivity contribution is 0.0937. The first-order valence-electron chi connectivity index (χ1n) is 5.72. The average molecular weight is 274 g/mol. The van der Waals surface area contributed by atoms with Gasteiger partial charge < -0.3 is 11.1 Å². The molecular formula is C13H14N4OS. The normalized spacial score (nSPS) is 11.8. The Balaban J connectivity index is 2.21. The molecule has 0 bridgehead atoms. The molecule has 6 heteroatoms. The van der Waals surface area contributed by atoms with Crippen LogP contribution in [-0.4, -0.2) is 20.7 Å². The zero-order valence-corrected chi connectivity index (χ0v) is 11.2. The van der Waals surface area contributed by atoms with Crippen LogP contribution in [0.3, 0.4) is 0 Å². The van der Waals surface area contributed by atoms with Crippen LogP contribution in [0.5, 0.6) is 0 Å². The van der Waals surface area contributed by atoms with Crippen molar-refractivity contribution in [2.45, 2.75) is 6.04 Å². The summed E-state index contributed by atoms with van der Waals surface area (Å²) in [6, 6.07) is 10.5. The van der Waals surface area contributed by atoms with E-state index < -0.39 is 6.04 Å². The predicted octanol–water partition coefficient (Wildman–Crippen LogP) is 1.18. The van der Waals surface area contributed by atoms with Crippen molar-refractivity contribution < 1.29 is 4.79 Å². The number of carbonyl (C=O) groups excluding carboxylic acids is 1. The third-order valence-electron chi connectivity index (χ3n) is 2.75. The molecule has 98 valence electrons. The van der Waals surface area contributed by atoms with Gasteiger partial charge in [0.25, 0.3) is 5.91 Å². The molecule has 19 heavy (non-hydrogen) atoms. The Morgan fingerprint density at radius 1 is 1.37 bits per heavy atom. The number of nitrogens with zero attached hydrogens (tertiary/aromatic N) is 2. The molecule has 0 aliphatic carbocycles. The molecule has 0 saturated heterocycles. The summed E-state index contributed by atoms with van der Waals surface area (Å²) in [6.07, 6.45) is 1.56. The summed E-state index contributed by atoms with van der Waals surface area (Å²) in [5.41, 5.74) is 7.01. The van der Waals surface area contributed by atoms with E-state index in [1.807, 2.05) is 30.3 Å². The average Bonchev–Trinajstić information content (AvgIpc) is 2.82. The Morgan fingerprint density at radius 2 is 2.05 bits per heavy atom. The minimum atomic E-state index is -0.487. The van der Waals surface area contributed by atoms with Crippen molar-refractivity contribution in [3.05, 3.63) is 53.9 Å². The standard InChI is InChI=1S/C13H14N4OS/c1-17-10(7-8-15-17)13(18)16-11(12(14)19)9-5-3-2-4-6-9/h2-8,11H,1H3,(H2,14,19)(H,16,18). The molecule has 0 saturated carbocycles. The Morgan fingerprint density at radius 3 is 2.58 bits per heavy atom. The lowest BCUT2D eigenvalue weighted by atomic mass is 10.1. The largest absolute Gasteiger partial charge is 0.391 e. The maximum Gasteiger partial charge on any atom is 0.270 e. The van der Waals surface area contributed by atoms with Crippen molar-refractivity contribution in [2.75, 3.05) is 0 Å². The van der Waals surface area contributed by atoms with Crippen molar-refractivity contribution in [3.63, 3.8) is 0 Å². The highest BCUT2D eigenvalue weighted by Crippen LogP contribution is 2.13. The SMILES string of the molecule is Cn1nccc1C(=O)NC(C(N)=S)c1ccccc1. The molecule has 0 spiro atoms. The highest BCUT2D eigenvalue weighted by Gasteiger charge is 2.19. The molecule has 1 aromatic carbocycles. The van der Waals surface area contributed by atoms with Crippen molar-refractivity contribution in [2.24, 2.45) is 12.8 Å². The fourth-order valence-corrected chi connectivity index (χ4v) is 1.96. The van der Waals surface area contributed by atoms with Crippen LogP contribution >= 0.6 is 12.2 Å². The van der Waals surface area contributed by atoms with Crippen LogP contribution in [0.4, 0.5) is 0 Å². The summed E-state index contributed by atoms with van der Waals surface area (Å²) in [4.78, 5) is 12.4. The molecule has 3 N–H and O–H groups in total. The van der Waals surface area contributed by atoms with Crippen LogP contribution in [0.15, 0.2) is 42.6 Å². The summed E-state index contributed by atoms with van der Waals surface area (Å²) < 4.78 is 1.50. The third-order valence-corrected chi connectivity index (χ3v) is 2.98. The Kier molecular flexibility index (Phi) is 3.91. The van der Waals surface area contributed by atoms with E-state index in [0.717, 1.165) is 5.56 Å². The van der Waals surface area contributed by atoms with E-state index in [1.54, 1.807) is 19.3 Å². The molecule has 0 aliphatic rings. The van der Waals surface area contributed by atoms with Crippen LogP contribution in [0.25, 0.3) is 0 Å². The molecule has 0 radical (unpaired) electrons. The topological polar surface area (TPSA) is 72.9 Å². The van der Waals surface area contributed by atoms with Gasteiger partial charge in [0.15, 0.2) is 0 Å². The fraction of sp³-hybridized carbons (Fsp3) is 0.154. The minimum Gasteiger partial charge on any atom is -0.391 e. The van der Waals surface area contributed by atoms with Gasteiger partial charge in [0.2, 0.25) is 0 Å². The highest BCUT2D eigenvalue weighted by molar-refractivity contribution is 7.80. The number of hydrogen-bond donors (Lipinski definition) is 2. The first-order valence-corrected chi connectivity index (χ1v) is 6.13. The molecule has 1 aromatic heterocycles. The zero-order chi connectivity index (χ0) is 13.8. The number of thiocarbonyl (C=S) groups is 1. The molecule has 1 heterocycles. The minimum absolute atomic E-state index is 0.224. The molecule has 1 amide bonds. The van der Waals surface area contributed by atoms with Gasteiger partial charge >= 0.3 is 0 Å². The lowest BCUT2D eigenvalue weighted by Gasteiger charge is -2.17. The summed E-state index contributed by atoms with van der Waals surface area (Å²) in [5, 5.41) is 6.76. The van der Waals surface area contributed by atoms with Crippen molar-refractivity contribution in [1.82, 2.24) is 15.1 Å². The second-order valence-corrected chi connectivity index (χ2v) is 4.53. The molecule has 1 atom stereocenters. The number of benzene rings is 1. The molecule has 5 nitrogen and oxygen atoms in total. The van der Waals surface area contributed by atoms with Gasteiger partial charge in [-0.25, -0.2) is 0 Å². The van der Waals surface area contributed by atoms with E-state index in [1.165, 1.54) is 4.68 Å². The summed E-state index contributed by atoms with van der Waals surface area (Å²) >= 11 is 5.02. The number of rotatable bonds is 4.